The standard InChI is InChI=1S/C4H5FN2O3/c5-1-2(8)6-4(10)7-3(1)9/h1-2,8H,(H2,6,7,9,10)/t1-,2+/m0/s1. The molecule has 0 saturated carbocycles. The van der Waals surface area contributed by atoms with E-state index in [0.29, 0.717) is 0 Å². The van der Waals surface area contributed by atoms with Crippen molar-refractivity contribution in [1.82, 2.24) is 10.6 Å². The molecule has 2 atom stereocenters. The number of aliphatic hydroxyl groups excluding tert-OH is 1. The van der Waals surface area contributed by atoms with Crippen molar-refractivity contribution in [3.63, 3.8) is 0 Å². The molecule has 1 heterocycles. The second-order valence-corrected chi connectivity index (χ2v) is 1.81. The van der Waals surface area contributed by atoms with Gasteiger partial charge in [0.1, 0.15) is 0 Å². The molecule has 1 rings (SSSR count). The highest BCUT2D eigenvalue weighted by Gasteiger charge is 2.33. The summed E-state index contributed by atoms with van der Waals surface area (Å²) in [6, 6.07) is -0.883. The summed E-state index contributed by atoms with van der Waals surface area (Å²) in [4.78, 5) is 20.6. The van der Waals surface area contributed by atoms with Crippen molar-refractivity contribution in [3.05, 3.63) is 0 Å². The molecule has 1 saturated heterocycles. The first-order valence-corrected chi connectivity index (χ1v) is 2.55. The van der Waals surface area contributed by atoms with Crippen LogP contribution >= 0.6 is 0 Å². The molecule has 56 valence electrons. The number of nitrogens with one attached hydrogen (secondary N) is 2. The zero-order valence-corrected chi connectivity index (χ0v) is 4.80. The molecule has 1 aliphatic rings. The van der Waals surface area contributed by atoms with E-state index >= 15 is 0 Å². The van der Waals surface area contributed by atoms with E-state index in [4.69, 9.17) is 5.11 Å². The van der Waals surface area contributed by atoms with Crippen molar-refractivity contribution in [1.29, 1.82) is 0 Å². The van der Waals surface area contributed by atoms with E-state index < -0.39 is 24.3 Å². The molecule has 3 N–H and O–H groups in total. The van der Waals surface area contributed by atoms with Crippen LogP contribution in [0.3, 0.4) is 0 Å². The highest BCUT2D eigenvalue weighted by atomic mass is 19.1. The number of carbonyl (C=O) groups excluding carboxylic acids is 2. The predicted molar refractivity (Wildman–Crippen MR) is 27.6 cm³/mol. The summed E-state index contributed by atoms with van der Waals surface area (Å²) in [6.45, 7) is 0. The molecular formula is C4H5FN2O3. The first kappa shape index (κ1) is 6.94. The molecular weight excluding hydrogens is 143 g/mol. The average molecular weight is 148 g/mol. The summed E-state index contributed by atoms with van der Waals surface area (Å²) in [7, 11) is 0. The Hall–Kier alpha value is -1.17. The van der Waals surface area contributed by atoms with Crippen LogP contribution in [-0.2, 0) is 4.79 Å². The Morgan fingerprint density at radius 2 is 2.10 bits per heavy atom. The van der Waals surface area contributed by atoms with Gasteiger partial charge in [-0.3, -0.25) is 10.1 Å². The Labute approximate surface area is 55.2 Å². The number of imide groups is 1. The molecule has 6 heteroatoms. The first-order chi connectivity index (χ1) is 4.61. The van der Waals surface area contributed by atoms with E-state index in [-0.39, 0.29) is 0 Å². The van der Waals surface area contributed by atoms with Gasteiger partial charge in [0.15, 0.2) is 6.23 Å². The second-order valence-electron chi connectivity index (χ2n) is 1.81. The van der Waals surface area contributed by atoms with Gasteiger partial charge in [-0.25, -0.2) is 9.18 Å². The van der Waals surface area contributed by atoms with Crippen LogP contribution in [0.2, 0.25) is 0 Å². The van der Waals surface area contributed by atoms with Crippen LogP contribution in [0.25, 0.3) is 0 Å². The lowest BCUT2D eigenvalue weighted by molar-refractivity contribution is -0.131. The van der Waals surface area contributed by atoms with Gasteiger partial charge < -0.3 is 10.4 Å². The summed E-state index contributed by atoms with van der Waals surface area (Å²) in [5, 5.41) is 12.0. The van der Waals surface area contributed by atoms with Gasteiger partial charge in [-0.05, 0) is 0 Å². The van der Waals surface area contributed by atoms with Crippen LogP contribution in [0, 0.1) is 0 Å². The van der Waals surface area contributed by atoms with Crippen LogP contribution < -0.4 is 10.6 Å². The predicted octanol–water partition coefficient (Wildman–Crippen LogP) is -1.52. The molecule has 5 nitrogen and oxygen atoms in total. The fourth-order valence-electron chi connectivity index (χ4n) is 0.568. The lowest BCUT2D eigenvalue weighted by Gasteiger charge is -2.21. The number of urea groups is 1. The van der Waals surface area contributed by atoms with Crippen molar-refractivity contribution in [2.24, 2.45) is 0 Å². The molecule has 1 aliphatic heterocycles. The maximum absolute atomic E-state index is 12.3. The van der Waals surface area contributed by atoms with E-state index in [2.05, 4.69) is 0 Å². The van der Waals surface area contributed by atoms with E-state index in [1.165, 1.54) is 0 Å². The lowest BCUT2D eigenvalue weighted by Crippen LogP contribution is -2.59. The van der Waals surface area contributed by atoms with Gasteiger partial charge in [-0.15, -0.1) is 0 Å². The molecule has 0 radical (unpaired) electrons. The van der Waals surface area contributed by atoms with Crippen LogP contribution in [-0.4, -0.2) is 29.4 Å². The third-order valence-corrected chi connectivity index (χ3v) is 1.04. The smallest absolute Gasteiger partial charge is 0.323 e. The monoisotopic (exact) mass is 148 g/mol. The summed E-state index contributed by atoms with van der Waals surface area (Å²) < 4.78 is 12.3. The number of rotatable bonds is 0. The Morgan fingerprint density at radius 1 is 1.50 bits per heavy atom. The van der Waals surface area contributed by atoms with Gasteiger partial charge in [0.05, 0.1) is 0 Å². The average Bonchev–Trinajstić information content (AvgIpc) is 1.82. The van der Waals surface area contributed by atoms with Crippen molar-refractivity contribution < 1.29 is 19.1 Å². The number of alkyl halides is 1. The summed E-state index contributed by atoms with van der Waals surface area (Å²) >= 11 is 0. The molecule has 0 aliphatic carbocycles. The van der Waals surface area contributed by atoms with Crippen LogP contribution in [0.15, 0.2) is 0 Å². The minimum Gasteiger partial charge on any atom is -0.370 e. The lowest BCUT2D eigenvalue weighted by atomic mass is 10.3. The first-order valence-electron chi connectivity index (χ1n) is 2.55. The fraction of sp³-hybridized carbons (Fsp3) is 0.500. The molecule has 0 unspecified atom stereocenters. The molecule has 0 aromatic carbocycles. The summed E-state index contributed by atoms with van der Waals surface area (Å²) in [5.41, 5.74) is 0. The number of hydrogen-bond donors (Lipinski definition) is 3. The summed E-state index contributed by atoms with van der Waals surface area (Å²) in [6.07, 6.45) is -3.79. The minimum atomic E-state index is -2.07. The third kappa shape index (κ3) is 1.06. The van der Waals surface area contributed by atoms with Crippen molar-refractivity contribution in [2.45, 2.75) is 12.4 Å². The van der Waals surface area contributed by atoms with Crippen molar-refractivity contribution in [3.8, 4) is 0 Å². The number of halogens is 1. The Balaban J connectivity index is 2.66. The van der Waals surface area contributed by atoms with Gasteiger partial charge in [-0.1, -0.05) is 0 Å². The van der Waals surface area contributed by atoms with Crippen molar-refractivity contribution >= 4 is 11.9 Å². The SMILES string of the molecule is O=C1NC(=O)[C@@H](F)[C@@H](O)N1. The van der Waals surface area contributed by atoms with Gasteiger partial charge in [0.25, 0.3) is 5.91 Å². The van der Waals surface area contributed by atoms with Gasteiger partial charge in [-0.2, -0.15) is 0 Å². The van der Waals surface area contributed by atoms with Gasteiger partial charge in [0.2, 0.25) is 6.17 Å². The molecule has 0 aromatic rings. The van der Waals surface area contributed by atoms with Crippen molar-refractivity contribution in [2.75, 3.05) is 0 Å². The molecule has 0 bridgehead atoms. The third-order valence-electron chi connectivity index (χ3n) is 1.04. The summed E-state index contributed by atoms with van der Waals surface area (Å²) in [5.74, 6) is -1.11. The molecule has 3 amide bonds. The molecule has 10 heavy (non-hydrogen) atoms. The number of amides is 3. The number of hydrogen-bond acceptors (Lipinski definition) is 3. The fourth-order valence-corrected chi connectivity index (χ4v) is 0.568. The minimum absolute atomic E-state index is 0.883. The highest BCUT2D eigenvalue weighted by Crippen LogP contribution is 2.00. The maximum atomic E-state index is 12.3. The number of aliphatic hydroxyl groups is 1. The van der Waals surface area contributed by atoms with E-state index in [1.54, 1.807) is 10.6 Å². The van der Waals surface area contributed by atoms with Crippen LogP contribution in [0.1, 0.15) is 0 Å². The normalized spacial score (nSPS) is 33.0. The van der Waals surface area contributed by atoms with Gasteiger partial charge in [0, 0.05) is 0 Å². The van der Waals surface area contributed by atoms with E-state index in [0.717, 1.165) is 0 Å². The molecule has 0 spiro atoms. The topological polar surface area (TPSA) is 78.4 Å². The second kappa shape index (κ2) is 2.22. The Bertz CT molecular complexity index is 183. The molecule has 0 aromatic heterocycles. The zero-order chi connectivity index (χ0) is 7.72. The number of carbonyl (C=O) groups is 2. The largest absolute Gasteiger partial charge is 0.370 e. The maximum Gasteiger partial charge on any atom is 0.323 e. The van der Waals surface area contributed by atoms with E-state index in [1.807, 2.05) is 0 Å². The van der Waals surface area contributed by atoms with Crippen LogP contribution in [0.4, 0.5) is 9.18 Å². The quantitative estimate of drug-likeness (QED) is 0.390. The highest BCUT2D eigenvalue weighted by molar-refractivity contribution is 5.99. The van der Waals surface area contributed by atoms with Gasteiger partial charge >= 0.3 is 6.03 Å². The Kier molecular flexibility index (Phi) is 1.54. The van der Waals surface area contributed by atoms with E-state index in [9.17, 15) is 14.0 Å². The molecule has 1 fully saturated rings. The van der Waals surface area contributed by atoms with Crippen LogP contribution in [0.5, 0.6) is 0 Å². The Morgan fingerprint density at radius 3 is 2.60 bits per heavy atom. The zero-order valence-electron chi connectivity index (χ0n) is 4.80.